The van der Waals surface area contributed by atoms with Gasteiger partial charge in [-0.1, -0.05) is 29.5 Å². The molecule has 1 N–H and O–H groups in total. The van der Waals surface area contributed by atoms with Crippen LogP contribution in [0.1, 0.15) is 30.0 Å². The van der Waals surface area contributed by atoms with E-state index in [2.05, 4.69) is 23.2 Å². The number of aryl methyl sites for hydroxylation is 1. The molecule has 1 aliphatic carbocycles. The number of aromatic nitrogens is 3. The first kappa shape index (κ1) is 13.3. The third-order valence-electron chi connectivity index (χ3n) is 3.38. The van der Waals surface area contributed by atoms with Gasteiger partial charge < -0.3 is 4.74 Å². The normalized spacial score (nSPS) is 14.5. The highest BCUT2D eigenvalue weighted by Crippen LogP contribution is 2.37. The quantitative estimate of drug-likeness (QED) is 0.860. The van der Waals surface area contributed by atoms with Crippen molar-refractivity contribution in [1.29, 1.82) is 0 Å². The summed E-state index contributed by atoms with van der Waals surface area (Å²) in [6.07, 6.45) is 2.14. The van der Waals surface area contributed by atoms with Crippen LogP contribution in [0, 0.1) is 6.92 Å². The molecule has 1 aromatic carbocycles. The number of nitrogens with zero attached hydrogens (tertiary/aromatic N) is 2. The van der Waals surface area contributed by atoms with E-state index < -0.39 is 0 Å². The minimum Gasteiger partial charge on any atom is -0.496 e. The van der Waals surface area contributed by atoms with Gasteiger partial charge >= 0.3 is 5.69 Å². The highest BCUT2D eigenvalue weighted by atomic mass is 32.2. The molecule has 20 heavy (non-hydrogen) atoms. The molecule has 0 atom stereocenters. The zero-order valence-corrected chi connectivity index (χ0v) is 12.4. The molecule has 0 amide bonds. The predicted molar refractivity (Wildman–Crippen MR) is 78.4 cm³/mol. The Hall–Kier alpha value is -1.69. The van der Waals surface area contributed by atoms with Crippen LogP contribution >= 0.6 is 11.8 Å². The highest BCUT2D eigenvalue weighted by molar-refractivity contribution is 7.98. The van der Waals surface area contributed by atoms with Crippen molar-refractivity contribution < 1.29 is 4.74 Å². The molecule has 0 spiro atoms. The second-order valence-electron chi connectivity index (χ2n) is 5.02. The van der Waals surface area contributed by atoms with Gasteiger partial charge in [0.1, 0.15) is 5.75 Å². The summed E-state index contributed by atoms with van der Waals surface area (Å²) in [5, 5.41) is 7.42. The summed E-state index contributed by atoms with van der Waals surface area (Å²) in [6, 6.07) is 6.45. The van der Waals surface area contributed by atoms with Gasteiger partial charge in [-0.2, -0.15) is 0 Å². The van der Waals surface area contributed by atoms with E-state index in [1.165, 1.54) is 5.56 Å². The van der Waals surface area contributed by atoms with Crippen LogP contribution in [0.2, 0.25) is 0 Å². The Bertz CT molecular complexity index is 673. The molecule has 2 aromatic rings. The Kier molecular flexibility index (Phi) is 3.56. The summed E-state index contributed by atoms with van der Waals surface area (Å²) in [5.74, 6) is 1.61. The van der Waals surface area contributed by atoms with E-state index in [0.29, 0.717) is 6.04 Å². The maximum Gasteiger partial charge on any atom is 0.344 e. The van der Waals surface area contributed by atoms with Crippen LogP contribution in [0.3, 0.4) is 0 Å². The van der Waals surface area contributed by atoms with Crippen LogP contribution in [0.15, 0.2) is 28.2 Å². The van der Waals surface area contributed by atoms with E-state index in [1.54, 1.807) is 23.4 Å². The van der Waals surface area contributed by atoms with Gasteiger partial charge in [-0.3, -0.25) is 4.57 Å². The average Bonchev–Trinajstić information content (AvgIpc) is 3.20. The summed E-state index contributed by atoms with van der Waals surface area (Å²) >= 11 is 1.57. The molecule has 6 heteroatoms. The number of aromatic amines is 1. The summed E-state index contributed by atoms with van der Waals surface area (Å²) in [6.45, 7) is 2.06. The van der Waals surface area contributed by atoms with Crippen molar-refractivity contribution in [2.45, 2.75) is 36.7 Å². The van der Waals surface area contributed by atoms with Crippen LogP contribution in [0.25, 0.3) is 0 Å². The average molecular weight is 291 g/mol. The van der Waals surface area contributed by atoms with Gasteiger partial charge in [-0.25, -0.2) is 9.89 Å². The smallest absolute Gasteiger partial charge is 0.344 e. The van der Waals surface area contributed by atoms with Gasteiger partial charge in [0.05, 0.1) is 7.11 Å². The number of hydrogen-bond acceptors (Lipinski definition) is 4. The number of H-pyrrole nitrogens is 1. The molecular weight excluding hydrogens is 274 g/mol. The molecule has 0 unspecified atom stereocenters. The van der Waals surface area contributed by atoms with Crippen molar-refractivity contribution >= 4 is 11.8 Å². The fourth-order valence-electron chi connectivity index (χ4n) is 2.21. The molecule has 0 bridgehead atoms. The Morgan fingerprint density at radius 1 is 1.50 bits per heavy atom. The number of hydrogen-bond donors (Lipinski definition) is 1. The lowest BCUT2D eigenvalue weighted by Gasteiger charge is -2.09. The van der Waals surface area contributed by atoms with E-state index in [-0.39, 0.29) is 5.69 Å². The first-order chi connectivity index (χ1) is 9.69. The van der Waals surface area contributed by atoms with Crippen molar-refractivity contribution in [1.82, 2.24) is 14.8 Å². The fraction of sp³-hybridized carbons (Fsp3) is 0.429. The minimum absolute atomic E-state index is 0.105. The van der Waals surface area contributed by atoms with Crippen LogP contribution in [0.4, 0.5) is 0 Å². The van der Waals surface area contributed by atoms with Gasteiger partial charge in [0.15, 0.2) is 5.16 Å². The van der Waals surface area contributed by atoms with E-state index >= 15 is 0 Å². The van der Waals surface area contributed by atoms with Crippen molar-refractivity contribution in [2.75, 3.05) is 7.11 Å². The Balaban J connectivity index is 1.80. The molecule has 1 fully saturated rings. The molecule has 3 rings (SSSR count). The molecular formula is C14H17N3O2S. The Morgan fingerprint density at radius 3 is 3.00 bits per heavy atom. The molecule has 1 heterocycles. The molecule has 0 radical (unpaired) electrons. The Morgan fingerprint density at radius 2 is 2.30 bits per heavy atom. The maximum atomic E-state index is 11.7. The highest BCUT2D eigenvalue weighted by Gasteiger charge is 2.28. The second-order valence-corrected chi connectivity index (χ2v) is 5.96. The SMILES string of the molecule is COc1ccc(C)cc1CSc1n[nH]c(=O)n1C1CC1. The topological polar surface area (TPSA) is 59.9 Å². The Labute approximate surface area is 121 Å². The van der Waals surface area contributed by atoms with E-state index in [1.807, 2.05) is 12.1 Å². The summed E-state index contributed by atoms with van der Waals surface area (Å²) in [7, 11) is 1.67. The third kappa shape index (κ3) is 2.60. The number of methoxy groups -OCH3 is 1. The summed E-state index contributed by atoms with van der Waals surface area (Å²) in [5.41, 5.74) is 2.21. The number of rotatable bonds is 5. The van der Waals surface area contributed by atoms with Gasteiger partial charge in [0.25, 0.3) is 0 Å². The predicted octanol–water partition coefficient (Wildman–Crippen LogP) is 2.52. The van der Waals surface area contributed by atoms with E-state index in [4.69, 9.17) is 4.74 Å². The van der Waals surface area contributed by atoms with Gasteiger partial charge in [-0.05, 0) is 25.8 Å². The second kappa shape index (κ2) is 5.36. The van der Waals surface area contributed by atoms with Crippen molar-refractivity contribution in [3.05, 3.63) is 39.8 Å². The van der Waals surface area contributed by atoms with Crippen molar-refractivity contribution in [3.63, 3.8) is 0 Å². The third-order valence-corrected chi connectivity index (χ3v) is 4.38. The number of benzene rings is 1. The molecule has 106 valence electrons. The lowest BCUT2D eigenvalue weighted by atomic mass is 10.1. The molecule has 0 aliphatic heterocycles. The lowest BCUT2D eigenvalue weighted by Crippen LogP contribution is -2.16. The van der Waals surface area contributed by atoms with Crippen molar-refractivity contribution in [2.24, 2.45) is 0 Å². The van der Waals surface area contributed by atoms with Crippen LogP contribution in [-0.2, 0) is 5.75 Å². The fourth-order valence-corrected chi connectivity index (χ4v) is 3.20. The van der Waals surface area contributed by atoms with Crippen LogP contribution in [0.5, 0.6) is 5.75 Å². The number of ether oxygens (including phenoxy) is 1. The first-order valence-corrected chi connectivity index (χ1v) is 7.61. The maximum absolute atomic E-state index is 11.7. The molecule has 1 saturated carbocycles. The number of nitrogens with one attached hydrogen (secondary N) is 1. The lowest BCUT2D eigenvalue weighted by molar-refractivity contribution is 0.411. The monoisotopic (exact) mass is 291 g/mol. The van der Waals surface area contributed by atoms with Crippen LogP contribution < -0.4 is 10.4 Å². The van der Waals surface area contributed by atoms with Crippen LogP contribution in [-0.4, -0.2) is 21.9 Å². The molecule has 1 aliphatic rings. The molecule has 1 aromatic heterocycles. The first-order valence-electron chi connectivity index (χ1n) is 6.62. The zero-order valence-electron chi connectivity index (χ0n) is 11.5. The van der Waals surface area contributed by atoms with E-state index in [9.17, 15) is 4.79 Å². The van der Waals surface area contributed by atoms with Gasteiger partial charge in [0.2, 0.25) is 0 Å². The standard InChI is InChI=1S/C14H17N3O2S/c1-9-3-6-12(19-2)10(7-9)8-20-14-16-15-13(18)17(14)11-4-5-11/h3,6-7,11H,4-5,8H2,1-2H3,(H,15,18). The minimum atomic E-state index is -0.105. The molecule has 5 nitrogen and oxygen atoms in total. The zero-order chi connectivity index (χ0) is 14.1. The van der Waals surface area contributed by atoms with Crippen molar-refractivity contribution in [3.8, 4) is 5.75 Å². The summed E-state index contributed by atoms with van der Waals surface area (Å²) in [4.78, 5) is 11.7. The number of thioether (sulfide) groups is 1. The van der Waals surface area contributed by atoms with E-state index in [0.717, 1.165) is 35.1 Å². The molecule has 0 saturated heterocycles. The largest absolute Gasteiger partial charge is 0.496 e. The van der Waals surface area contributed by atoms with Gasteiger partial charge in [-0.15, -0.1) is 5.10 Å². The van der Waals surface area contributed by atoms with Gasteiger partial charge in [0, 0.05) is 17.4 Å². The summed E-state index contributed by atoms with van der Waals surface area (Å²) < 4.78 is 7.14.